The van der Waals surface area contributed by atoms with Crippen LogP contribution in [0.25, 0.3) is 0 Å². The molecule has 0 atom stereocenters. The van der Waals surface area contributed by atoms with Crippen molar-refractivity contribution in [1.82, 2.24) is 0 Å². The van der Waals surface area contributed by atoms with Crippen molar-refractivity contribution >= 4 is 23.5 Å². The lowest BCUT2D eigenvalue weighted by atomic mass is 10.2. The minimum absolute atomic E-state index is 0.831. The van der Waals surface area contributed by atoms with Gasteiger partial charge in [-0.15, -0.1) is 0 Å². The van der Waals surface area contributed by atoms with E-state index in [9.17, 15) is 0 Å². The summed E-state index contributed by atoms with van der Waals surface area (Å²) < 4.78 is 11.4. The summed E-state index contributed by atoms with van der Waals surface area (Å²) in [5.41, 5.74) is 2.85. The van der Waals surface area contributed by atoms with E-state index in [0.717, 1.165) is 64.3 Å². The van der Waals surface area contributed by atoms with Gasteiger partial charge in [0.15, 0.2) is 0 Å². The van der Waals surface area contributed by atoms with Gasteiger partial charge in [0.05, 0.1) is 6.61 Å². The second-order valence-electron chi connectivity index (χ2n) is 7.14. The van der Waals surface area contributed by atoms with Gasteiger partial charge in [0, 0.05) is 25.6 Å². The molecule has 0 aliphatic heterocycles. The van der Waals surface area contributed by atoms with Crippen molar-refractivity contribution in [3.05, 3.63) is 78.2 Å². The molecule has 1 radical (unpaired) electrons. The zero-order valence-corrected chi connectivity index (χ0v) is 19.8. The summed E-state index contributed by atoms with van der Waals surface area (Å²) in [6.07, 6.45) is 7.78. The smallest absolute Gasteiger partial charge is 0.0556 e. The number of ether oxygens (including phenoxy) is 2. The van der Waals surface area contributed by atoms with E-state index in [1.165, 1.54) is 28.4 Å². The Morgan fingerprint density at radius 3 is 1.70 bits per heavy atom. The second kappa shape index (κ2) is 18.8. The average Bonchev–Trinajstić information content (AvgIpc) is 2.79. The van der Waals surface area contributed by atoms with Gasteiger partial charge in [-0.25, -0.2) is 0 Å². The third-order valence-corrected chi connectivity index (χ3v) is 6.66. The Kier molecular flexibility index (Phi) is 15.9. The van der Waals surface area contributed by atoms with Crippen molar-refractivity contribution in [2.45, 2.75) is 32.1 Å². The standard InChI is InChI=1S/C26H37O2S2/c1-4-11-25(12-5-1)15-22-29-21-10-19-27-17-8-3-9-18-28-20-24-30-23-16-26-13-6-2-7-14-26/h1-7,11-14H,8-10,15-24H2. The lowest BCUT2D eigenvalue weighted by Crippen LogP contribution is -2.02. The Balaban J connectivity index is 1.23. The van der Waals surface area contributed by atoms with Gasteiger partial charge in [-0.1, -0.05) is 60.7 Å². The summed E-state index contributed by atoms with van der Waals surface area (Å²) in [6.45, 7) is 3.40. The molecule has 2 aromatic carbocycles. The molecule has 0 fully saturated rings. The minimum Gasteiger partial charge on any atom is -0.381 e. The normalized spacial score (nSPS) is 11.1. The number of rotatable bonds is 19. The fourth-order valence-corrected chi connectivity index (χ4v) is 4.66. The molecule has 0 saturated carbocycles. The monoisotopic (exact) mass is 445 g/mol. The van der Waals surface area contributed by atoms with Crippen LogP contribution in [-0.2, 0) is 22.3 Å². The summed E-state index contributed by atoms with van der Waals surface area (Å²) in [4.78, 5) is 0. The first kappa shape index (κ1) is 25.3. The van der Waals surface area contributed by atoms with E-state index in [2.05, 4.69) is 67.1 Å². The molecule has 0 spiro atoms. The van der Waals surface area contributed by atoms with Gasteiger partial charge < -0.3 is 9.47 Å². The Labute approximate surface area is 192 Å². The molecule has 165 valence electrons. The van der Waals surface area contributed by atoms with Gasteiger partial charge in [-0.3, -0.25) is 0 Å². The zero-order chi connectivity index (χ0) is 21.0. The molecule has 0 aliphatic rings. The summed E-state index contributed by atoms with van der Waals surface area (Å²) in [7, 11) is 0. The highest BCUT2D eigenvalue weighted by Crippen LogP contribution is 2.09. The van der Waals surface area contributed by atoms with Gasteiger partial charge in [-0.2, -0.15) is 23.5 Å². The molecule has 0 unspecified atom stereocenters. The predicted molar refractivity (Wildman–Crippen MR) is 135 cm³/mol. The van der Waals surface area contributed by atoms with E-state index in [-0.39, 0.29) is 0 Å². The molecule has 0 saturated heterocycles. The molecule has 2 aromatic rings. The number of aryl methyl sites for hydroxylation is 2. The first-order chi connectivity index (χ1) is 14.9. The van der Waals surface area contributed by atoms with E-state index in [1.807, 2.05) is 23.5 Å². The molecule has 2 nitrogen and oxygen atoms in total. The molecule has 0 N–H and O–H groups in total. The Morgan fingerprint density at radius 2 is 1.10 bits per heavy atom. The Hall–Kier alpha value is -0.940. The predicted octanol–water partition coefficient (Wildman–Crippen LogP) is 6.35. The van der Waals surface area contributed by atoms with Crippen LogP contribution in [0.15, 0.2) is 60.7 Å². The van der Waals surface area contributed by atoms with E-state index in [4.69, 9.17) is 9.47 Å². The molecule has 2 rings (SSSR count). The van der Waals surface area contributed by atoms with Crippen molar-refractivity contribution in [1.29, 1.82) is 0 Å². The maximum atomic E-state index is 5.72. The lowest BCUT2D eigenvalue weighted by molar-refractivity contribution is 0.131. The van der Waals surface area contributed by atoms with Crippen molar-refractivity contribution < 1.29 is 9.47 Å². The molecule has 0 heterocycles. The topological polar surface area (TPSA) is 18.5 Å². The van der Waals surface area contributed by atoms with Gasteiger partial charge in [0.25, 0.3) is 0 Å². The van der Waals surface area contributed by atoms with Crippen LogP contribution in [0.3, 0.4) is 0 Å². The maximum absolute atomic E-state index is 5.72. The van der Waals surface area contributed by atoms with Gasteiger partial charge in [0.1, 0.15) is 0 Å². The molecular formula is C26H37O2S2. The molecular weight excluding hydrogens is 408 g/mol. The van der Waals surface area contributed by atoms with Crippen LogP contribution in [0, 0.1) is 6.42 Å². The summed E-state index contributed by atoms with van der Waals surface area (Å²) in [5.74, 6) is 4.64. The number of hydrogen-bond donors (Lipinski definition) is 0. The SMILES string of the molecule is [CH](CCOCCCSCCc1ccccc1)CCOCCSCCc1ccccc1. The molecule has 0 amide bonds. The largest absolute Gasteiger partial charge is 0.381 e. The molecule has 0 aromatic heterocycles. The maximum Gasteiger partial charge on any atom is 0.0556 e. The third-order valence-electron chi connectivity index (χ3n) is 4.64. The summed E-state index contributed by atoms with van der Waals surface area (Å²) >= 11 is 4.00. The van der Waals surface area contributed by atoms with Crippen LogP contribution in [0.4, 0.5) is 0 Å². The first-order valence-electron chi connectivity index (χ1n) is 11.2. The Bertz CT molecular complexity index is 551. The van der Waals surface area contributed by atoms with E-state index < -0.39 is 0 Å². The van der Waals surface area contributed by atoms with E-state index in [0.29, 0.717) is 0 Å². The summed E-state index contributed by atoms with van der Waals surface area (Å²) in [6, 6.07) is 21.4. The van der Waals surface area contributed by atoms with Gasteiger partial charge in [-0.05, 0) is 66.9 Å². The fraction of sp³-hybridized carbons (Fsp3) is 0.500. The van der Waals surface area contributed by atoms with Crippen molar-refractivity contribution in [2.24, 2.45) is 0 Å². The molecule has 4 heteroatoms. The highest BCUT2D eigenvalue weighted by Gasteiger charge is 1.96. The third kappa shape index (κ3) is 14.1. The number of hydrogen-bond acceptors (Lipinski definition) is 4. The highest BCUT2D eigenvalue weighted by atomic mass is 32.2. The van der Waals surface area contributed by atoms with Gasteiger partial charge in [0.2, 0.25) is 0 Å². The van der Waals surface area contributed by atoms with Crippen LogP contribution < -0.4 is 0 Å². The summed E-state index contributed by atoms with van der Waals surface area (Å²) in [5, 5.41) is 0. The number of unbranched alkanes of at least 4 members (excludes halogenated alkanes) is 2. The molecule has 30 heavy (non-hydrogen) atoms. The van der Waals surface area contributed by atoms with Crippen LogP contribution >= 0.6 is 23.5 Å². The van der Waals surface area contributed by atoms with E-state index >= 15 is 0 Å². The minimum atomic E-state index is 0.831. The average molecular weight is 446 g/mol. The lowest BCUT2D eigenvalue weighted by Gasteiger charge is -2.06. The first-order valence-corrected chi connectivity index (χ1v) is 13.5. The fourth-order valence-electron chi connectivity index (χ4n) is 2.94. The number of benzene rings is 2. The van der Waals surface area contributed by atoms with E-state index in [1.54, 1.807) is 0 Å². The Morgan fingerprint density at radius 1 is 0.567 bits per heavy atom. The van der Waals surface area contributed by atoms with Crippen molar-refractivity contribution in [2.75, 3.05) is 49.4 Å². The zero-order valence-electron chi connectivity index (χ0n) is 18.2. The van der Waals surface area contributed by atoms with Crippen LogP contribution in [0.2, 0.25) is 0 Å². The van der Waals surface area contributed by atoms with Gasteiger partial charge >= 0.3 is 0 Å². The quantitative estimate of drug-likeness (QED) is 0.235. The van der Waals surface area contributed by atoms with Crippen molar-refractivity contribution in [3.8, 4) is 0 Å². The van der Waals surface area contributed by atoms with Crippen LogP contribution in [0.1, 0.15) is 30.4 Å². The molecule has 0 aliphatic carbocycles. The van der Waals surface area contributed by atoms with Crippen LogP contribution in [-0.4, -0.2) is 49.4 Å². The van der Waals surface area contributed by atoms with Crippen LogP contribution in [0.5, 0.6) is 0 Å². The molecule has 0 bridgehead atoms. The highest BCUT2D eigenvalue weighted by molar-refractivity contribution is 7.99. The van der Waals surface area contributed by atoms with Crippen molar-refractivity contribution in [3.63, 3.8) is 0 Å². The second-order valence-corrected chi connectivity index (χ2v) is 9.59. The number of thioether (sulfide) groups is 2.